The molecule has 2 atom stereocenters. The van der Waals surface area contributed by atoms with E-state index >= 15 is 0 Å². The summed E-state index contributed by atoms with van der Waals surface area (Å²) in [6.07, 6.45) is -0.842. The molecule has 12 heavy (non-hydrogen) atoms. The quantitative estimate of drug-likeness (QED) is 0.663. The molecule has 0 spiro atoms. The van der Waals surface area contributed by atoms with E-state index in [1.165, 1.54) is 0 Å². The first kappa shape index (κ1) is 4.84. The van der Waals surface area contributed by atoms with Crippen molar-refractivity contribution in [1.82, 2.24) is 5.32 Å². The summed E-state index contributed by atoms with van der Waals surface area (Å²) in [5, 5.41) is 10.7. The van der Waals surface area contributed by atoms with Crippen molar-refractivity contribution in [2.24, 2.45) is 5.89 Å². The maximum atomic E-state index is 10.9. The van der Waals surface area contributed by atoms with Gasteiger partial charge in [0.25, 0.3) is 0 Å². The predicted molar refractivity (Wildman–Crippen MR) is 44.7 cm³/mol. The second-order valence-corrected chi connectivity index (χ2v) is 2.42. The highest BCUT2D eigenvalue weighted by Gasteiger charge is 2.18. The molecule has 0 aliphatic carbocycles. The Labute approximate surface area is 79.0 Å². The first-order valence-corrected chi connectivity index (χ1v) is 3.34. The second-order valence-electron chi connectivity index (χ2n) is 2.42. The molecule has 1 amide bonds. The van der Waals surface area contributed by atoms with Gasteiger partial charge in [-0.15, -0.1) is 0 Å². The third-order valence-electron chi connectivity index (χ3n) is 1.03. The molecule has 0 fully saturated rings. The highest BCUT2D eigenvalue weighted by Crippen LogP contribution is 2.04. The van der Waals surface area contributed by atoms with Crippen LogP contribution in [-0.2, 0) is 9.59 Å². The summed E-state index contributed by atoms with van der Waals surface area (Å²) in [4.78, 5) is 21.7. The van der Waals surface area contributed by atoms with Crippen LogP contribution in [0.3, 0.4) is 0 Å². The first-order chi connectivity index (χ1) is 7.32. The Morgan fingerprint density at radius 2 is 2.33 bits per heavy atom. The second kappa shape index (κ2) is 4.74. The van der Waals surface area contributed by atoms with Gasteiger partial charge in [-0.05, 0) is 12.3 Å². The lowest BCUT2D eigenvalue weighted by Crippen LogP contribution is -2.40. The standard InChI is InChI=1S/C8H15NO3/c1-5(2)4-7(8(11)12)9-6(3)10/h5,7H,4H2,1-3H3,(H,9,10)(H,11,12)/i1D3,5D,7D. The molecular weight excluding hydrogens is 158 g/mol. The monoisotopic (exact) mass is 178 g/mol. The Kier molecular flexibility index (Phi) is 1.91. The number of carboxylic acid groups (broad SMARTS) is 1. The van der Waals surface area contributed by atoms with E-state index in [0.29, 0.717) is 0 Å². The summed E-state index contributed by atoms with van der Waals surface area (Å²) >= 11 is 0. The normalized spacial score (nSPS) is 27.3. The van der Waals surface area contributed by atoms with Crippen LogP contribution in [0.15, 0.2) is 0 Å². The van der Waals surface area contributed by atoms with E-state index < -0.39 is 37.1 Å². The number of rotatable bonds is 4. The number of hydrogen-bond acceptors (Lipinski definition) is 2. The fourth-order valence-corrected chi connectivity index (χ4v) is 0.651. The van der Waals surface area contributed by atoms with Gasteiger partial charge < -0.3 is 10.4 Å². The third kappa shape index (κ3) is 4.71. The molecule has 0 aromatic carbocycles. The van der Waals surface area contributed by atoms with Crippen LogP contribution in [0.1, 0.15) is 34.0 Å². The lowest BCUT2D eigenvalue weighted by Gasteiger charge is -2.14. The summed E-state index contributed by atoms with van der Waals surface area (Å²) in [5.41, 5.74) is 0. The average molecular weight is 178 g/mol. The summed E-state index contributed by atoms with van der Waals surface area (Å²) in [7, 11) is 0. The van der Waals surface area contributed by atoms with Crippen molar-refractivity contribution in [3.63, 3.8) is 0 Å². The van der Waals surface area contributed by atoms with Gasteiger partial charge in [0.1, 0.15) is 6.02 Å². The molecule has 0 aromatic rings. The van der Waals surface area contributed by atoms with E-state index in [0.717, 1.165) is 13.8 Å². The molecule has 0 saturated heterocycles. The number of carbonyl (C=O) groups excluding carboxylic acids is 1. The zero-order valence-corrected chi connectivity index (χ0v) is 6.97. The van der Waals surface area contributed by atoms with Gasteiger partial charge in [-0.1, -0.05) is 13.8 Å². The summed E-state index contributed by atoms with van der Waals surface area (Å²) < 4.78 is 36.4. The van der Waals surface area contributed by atoms with Gasteiger partial charge in [-0.3, -0.25) is 4.79 Å². The van der Waals surface area contributed by atoms with E-state index in [4.69, 9.17) is 12.0 Å². The van der Waals surface area contributed by atoms with Crippen LogP contribution in [-0.4, -0.2) is 23.0 Å². The van der Waals surface area contributed by atoms with Crippen molar-refractivity contribution >= 4 is 11.9 Å². The Morgan fingerprint density at radius 1 is 1.75 bits per heavy atom. The van der Waals surface area contributed by atoms with Crippen LogP contribution in [0.25, 0.3) is 0 Å². The molecule has 2 unspecified atom stereocenters. The van der Waals surface area contributed by atoms with Gasteiger partial charge in [0, 0.05) is 12.4 Å². The van der Waals surface area contributed by atoms with Crippen molar-refractivity contribution in [2.45, 2.75) is 33.1 Å². The molecule has 0 saturated carbocycles. The summed E-state index contributed by atoms with van der Waals surface area (Å²) in [6.45, 7) is -0.718. The molecule has 0 bridgehead atoms. The number of carbonyl (C=O) groups is 2. The third-order valence-corrected chi connectivity index (χ3v) is 1.03. The van der Waals surface area contributed by atoms with Crippen LogP contribution in [0.4, 0.5) is 0 Å². The summed E-state index contributed by atoms with van der Waals surface area (Å²) in [5.74, 6) is -4.62. The van der Waals surface area contributed by atoms with E-state index in [-0.39, 0.29) is 0 Å². The number of carboxylic acids is 1. The molecule has 70 valence electrons. The van der Waals surface area contributed by atoms with Crippen molar-refractivity contribution < 1.29 is 21.5 Å². The van der Waals surface area contributed by atoms with E-state index in [2.05, 4.69) is 0 Å². The molecule has 0 heterocycles. The molecule has 0 aliphatic heterocycles. The number of aliphatic carboxylic acids is 1. The minimum absolute atomic E-state index is 0.774. The van der Waals surface area contributed by atoms with Gasteiger partial charge in [0.15, 0.2) is 0 Å². The van der Waals surface area contributed by atoms with Gasteiger partial charge in [0.05, 0.1) is 1.37 Å². The smallest absolute Gasteiger partial charge is 0.326 e. The minimum Gasteiger partial charge on any atom is -0.480 e. The number of hydrogen-bond donors (Lipinski definition) is 2. The Bertz CT molecular complexity index is 328. The molecule has 0 rings (SSSR count). The molecular formula is C8H15NO3. The lowest BCUT2D eigenvalue weighted by atomic mass is 10.0. The number of nitrogens with one attached hydrogen (secondary N) is 1. The van der Waals surface area contributed by atoms with E-state index in [1.54, 1.807) is 0 Å². The SMILES string of the molecule is [2H]C(CC([2H])(C)C([2H])([2H])[2H])(NC(C)=O)C(=O)O. The van der Waals surface area contributed by atoms with Crippen LogP contribution >= 0.6 is 0 Å². The molecule has 4 heteroatoms. The highest BCUT2D eigenvalue weighted by molar-refractivity contribution is 5.81. The zero-order valence-electron chi connectivity index (χ0n) is 12.0. The molecule has 4 nitrogen and oxygen atoms in total. The van der Waals surface area contributed by atoms with Crippen molar-refractivity contribution in [1.29, 1.82) is 0 Å². The fraction of sp³-hybridized carbons (Fsp3) is 0.750. The van der Waals surface area contributed by atoms with Crippen LogP contribution in [0, 0.1) is 5.89 Å². The Balaban J connectivity index is 5.15. The molecule has 0 radical (unpaired) electrons. The van der Waals surface area contributed by atoms with Crippen molar-refractivity contribution in [3.8, 4) is 0 Å². The van der Waals surface area contributed by atoms with Crippen molar-refractivity contribution in [2.75, 3.05) is 0 Å². The van der Waals surface area contributed by atoms with Crippen molar-refractivity contribution in [3.05, 3.63) is 0 Å². The maximum absolute atomic E-state index is 10.9. The predicted octanol–water partition coefficient (Wildman–Crippen LogP) is 0.622. The van der Waals surface area contributed by atoms with Crippen LogP contribution in [0.5, 0.6) is 0 Å². The van der Waals surface area contributed by atoms with Gasteiger partial charge in [0.2, 0.25) is 5.91 Å². The number of amides is 1. The van der Waals surface area contributed by atoms with E-state index in [1.807, 2.05) is 5.32 Å². The van der Waals surface area contributed by atoms with Gasteiger partial charge in [-0.2, -0.15) is 0 Å². The lowest BCUT2D eigenvalue weighted by molar-refractivity contribution is -0.142. The van der Waals surface area contributed by atoms with E-state index in [9.17, 15) is 9.59 Å². The fourth-order valence-electron chi connectivity index (χ4n) is 0.651. The Morgan fingerprint density at radius 3 is 2.67 bits per heavy atom. The van der Waals surface area contributed by atoms with Crippen LogP contribution in [0.2, 0.25) is 0 Å². The maximum Gasteiger partial charge on any atom is 0.326 e. The first-order valence-electron chi connectivity index (χ1n) is 5.84. The summed E-state index contributed by atoms with van der Waals surface area (Å²) in [6, 6.07) is -2.52. The highest BCUT2D eigenvalue weighted by atomic mass is 16.4. The zero-order chi connectivity index (χ0) is 14.1. The van der Waals surface area contributed by atoms with Gasteiger partial charge >= 0.3 is 5.97 Å². The van der Waals surface area contributed by atoms with Gasteiger partial charge in [-0.25, -0.2) is 4.79 Å². The largest absolute Gasteiger partial charge is 0.480 e. The molecule has 0 aliphatic rings. The molecule has 2 N–H and O–H groups in total. The Hall–Kier alpha value is -1.06. The topological polar surface area (TPSA) is 66.4 Å². The minimum atomic E-state index is -2.74. The van der Waals surface area contributed by atoms with Crippen LogP contribution < -0.4 is 5.32 Å². The molecule has 0 aromatic heterocycles. The average Bonchev–Trinajstić information content (AvgIpc) is 1.97.